The Balaban J connectivity index is 0.00000200. The molecule has 0 aromatic carbocycles. The van der Waals surface area contributed by atoms with E-state index in [4.69, 9.17) is 0 Å². The van der Waals surface area contributed by atoms with Crippen LogP contribution in [-0.4, -0.2) is 29.5 Å². The van der Waals surface area contributed by atoms with Crippen LogP contribution in [0.3, 0.4) is 0 Å². The lowest BCUT2D eigenvalue weighted by Gasteiger charge is -2.28. The molecule has 1 amide bonds. The third-order valence-corrected chi connectivity index (χ3v) is 4.31. The lowest BCUT2D eigenvalue weighted by atomic mass is 10.0. The highest BCUT2D eigenvalue weighted by molar-refractivity contribution is 7.09. The molecule has 1 aliphatic rings. The number of nitrogens with zero attached hydrogens (tertiary/aromatic N) is 1. The van der Waals surface area contributed by atoms with Gasteiger partial charge in [-0.25, -0.2) is 4.98 Å². The van der Waals surface area contributed by atoms with Gasteiger partial charge in [-0.2, -0.15) is 0 Å². The summed E-state index contributed by atoms with van der Waals surface area (Å²) in [5.41, 5.74) is 1.12. The molecule has 21 heavy (non-hydrogen) atoms. The molecule has 2 atom stereocenters. The van der Waals surface area contributed by atoms with E-state index >= 15 is 0 Å². The summed E-state index contributed by atoms with van der Waals surface area (Å²) in [5.74, 6) is 0.186. The van der Waals surface area contributed by atoms with Crippen molar-refractivity contribution in [2.45, 2.75) is 58.0 Å². The van der Waals surface area contributed by atoms with E-state index in [1.807, 2.05) is 6.92 Å². The molecule has 1 fully saturated rings. The normalized spacial score (nSPS) is 21.0. The lowest BCUT2D eigenvalue weighted by molar-refractivity contribution is -0.122. The van der Waals surface area contributed by atoms with E-state index in [9.17, 15) is 4.79 Å². The Morgan fingerprint density at radius 2 is 2.29 bits per heavy atom. The minimum absolute atomic E-state index is 0. The van der Waals surface area contributed by atoms with Crippen LogP contribution >= 0.6 is 36.2 Å². The third-order valence-electron chi connectivity index (χ3n) is 3.49. The van der Waals surface area contributed by atoms with E-state index in [1.165, 1.54) is 0 Å². The van der Waals surface area contributed by atoms with Gasteiger partial charge in [0.1, 0.15) is 0 Å². The second kappa shape index (κ2) is 10.4. The second-order valence-electron chi connectivity index (χ2n) is 5.36. The molecule has 122 valence electrons. The Morgan fingerprint density at radius 3 is 2.90 bits per heavy atom. The number of aryl methyl sites for hydroxylation is 2. The number of hydrogen-bond acceptors (Lipinski definition) is 4. The van der Waals surface area contributed by atoms with Crippen LogP contribution < -0.4 is 10.6 Å². The van der Waals surface area contributed by atoms with Crippen LogP contribution in [0, 0.1) is 6.92 Å². The Kier molecular flexibility index (Phi) is 10.2. The SMILES string of the molecule is Cc1nc(CCCC(=O)NC2CCNC(C)C2)cs1.Cl.Cl. The molecular weight excluding hydrogens is 329 g/mol. The summed E-state index contributed by atoms with van der Waals surface area (Å²) in [6.45, 7) is 5.19. The summed E-state index contributed by atoms with van der Waals surface area (Å²) in [5, 5.41) is 9.72. The zero-order valence-corrected chi connectivity index (χ0v) is 15.0. The average Bonchev–Trinajstić information content (AvgIpc) is 2.75. The lowest BCUT2D eigenvalue weighted by Crippen LogP contribution is -2.46. The van der Waals surface area contributed by atoms with Crippen LogP contribution in [0.5, 0.6) is 0 Å². The minimum Gasteiger partial charge on any atom is -0.353 e. The number of nitrogens with one attached hydrogen (secondary N) is 2. The largest absolute Gasteiger partial charge is 0.353 e. The molecule has 0 bridgehead atoms. The van der Waals surface area contributed by atoms with Crippen molar-refractivity contribution in [3.8, 4) is 0 Å². The van der Waals surface area contributed by atoms with Crippen LogP contribution in [0.2, 0.25) is 0 Å². The predicted octanol–water partition coefficient (Wildman–Crippen LogP) is 2.87. The van der Waals surface area contributed by atoms with Gasteiger partial charge in [0, 0.05) is 23.9 Å². The van der Waals surface area contributed by atoms with Crippen LogP contribution in [0.15, 0.2) is 5.38 Å². The highest BCUT2D eigenvalue weighted by atomic mass is 35.5. The van der Waals surface area contributed by atoms with E-state index in [1.54, 1.807) is 11.3 Å². The molecular formula is C14H25Cl2N3OS. The minimum atomic E-state index is 0. The van der Waals surface area contributed by atoms with E-state index < -0.39 is 0 Å². The maximum absolute atomic E-state index is 11.9. The quantitative estimate of drug-likeness (QED) is 0.855. The van der Waals surface area contributed by atoms with Crippen LogP contribution in [-0.2, 0) is 11.2 Å². The molecule has 0 aliphatic carbocycles. The van der Waals surface area contributed by atoms with E-state index in [-0.39, 0.29) is 30.7 Å². The molecule has 4 nitrogen and oxygen atoms in total. The molecule has 2 N–H and O–H groups in total. The highest BCUT2D eigenvalue weighted by Gasteiger charge is 2.19. The van der Waals surface area contributed by atoms with Gasteiger partial charge in [0.05, 0.1) is 10.7 Å². The molecule has 1 saturated heterocycles. The van der Waals surface area contributed by atoms with Crippen molar-refractivity contribution in [1.82, 2.24) is 15.6 Å². The summed E-state index contributed by atoms with van der Waals surface area (Å²) in [6, 6.07) is 0.863. The maximum atomic E-state index is 11.9. The summed E-state index contributed by atoms with van der Waals surface area (Å²) < 4.78 is 0. The molecule has 2 unspecified atom stereocenters. The number of rotatable bonds is 5. The molecule has 1 aromatic rings. The maximum Gasteiger partial charge on any atom is 0.220 e. The van der Waals surface area contributed by atoms with Gasteiger partial charge in [0.2, 0.25) is 5.91 Å². The molecule has 2 heterocycles. The van der Waals surface area contributed by atoms with Crippen LogP contribution in [0.1, 0.15) is 43.3 Å². The Morgan fingerprint density at radius 1 is 1.52 bits per heavy atom. The van der Waals surface area contributed by atoms with Gasteiger partial charge in [0.25, 0.3) is 0 Å². The summed E-state index contributed by atoms with van der Waals surface area (Å²) in [6.07, 6.45) is 4.48. The standard InChI is InChI=1S/C14H23N3OS.2ClH/c1-10-8-12(6-7-15-10)17-14(18)5-3-4-13-9-19-11(2)16-13;;/h9-10,12,15H,3-8H2,1-2H3,(H,17,18);2*1H. The molecule has 1 aliphatic heterocycles. The average molecular weight is 354 g/mol. The molecule has 0 radical (unpaired) electrons. The van der Waals surface area contributed by atoms with Crippen molar-refractivity contribution >= 4 is 42.1 Å². The first-order valence-electron chi connectivity index (χ1n) is 7.07. The fourth-order valence-corrected chi connectivity index (χ4v) is 3.16. The van der Waals surface area contributed by atoms with E-state index in [2.05, 4.69) is 27.9 Å². The van der Waals surface area contributed by atoms with Gasteiger partial charge in [-0.1, -0.05) is 0 Å². The van der Waals surface area contributed by atoms with Gasteiger partial charge >= 0.3 is 0 Å². The summed E-state index contributed by atoms with van der Waals surface area (Å²) in [4.78, 5) is 16.3. The Labute approximate surface area is 143 Å². The fraction of sp³-hybridized carbons (Fsp3) is 0.714. The number of carbonyl (C=O) groups excluding carboxylic acids is 1. The first kappa shape index (κ1) is 20.6. The van der Waals surface area contributed by atoms with Gasteiger partial charge in [0.15, 0.2) is 0 Å². The first-order valence-corrected chi connectivity index (χ1v) is 7.95. The highest BCUT2D eigenvalue weighted by Crippen LogP contribution is 2.11. The van der Waals surface area contributed by atoms with Gasteiger partial charge < -0.3 is 10.6 Å². The van der Waals surface area contributed by atoms with Crippen molar-refractivity contribution in [3.63, 3.8) is 0 Å². The molecule has 1 aromatic heterocycles. The molecule has 2 rings (SSSR count). The van der Waals surface area contributed by atoms with Crippen LogP contribution in [0.4, 0.5) is 0 Å². The Bertz CT molecular complexity index is 428. The van der Waals surface area contributed by atoms with Crippen molar-refractivity contribution in [1.29, 1.82) is 0 Å². The monoisotopic (exact) mass is 353 g/mol. The van der Waals surface area contributed by atoms with Crippen molar-refractivity contribution in [3.05, 3.63) is 16.1 Å². The van der Waals surface area contributed by atoms with Crippen molar-refractivity contribution < 1.29 is 4.79 Å². The van der Waals surface area contributed by atoms with Crippen molar-refractivity contribution in [2.24, 2.45) is 0 Å². The van der Waals surface area contributed by atoms with Gasteiger partial charge in [-0.3, -0.25) is 4.79 Å². The summed E-state index contributed by atoms with van der Waals surface area (Å²) in [7, 11) is 0. The van der Waals surface area contributed by atoms with Gasteiger partial charge in [-0.05, 0) is 46.1 Å². The number of piperidine rings is 1. The number of amides is 1. The zero-order valence-electron chi connectivity index (χ0n) is 12.6. The molecule has 7 heteroatoms. The number of aromatic nitrogens is 1. The predicted molar refractivity (Wildman–Crippen MR) is 92.9 cm³/mol. The van der Waals surface area contributed by atoms with Gasteiger partial charge in [-0.15, -0.1) is 36.2 Å². The number of hydrogen-bond donors (Lipinski definition) is 2. The molecule has 0 spiro atoms. The zero-order chi connectivity index (χ0) is 13.7. The van der Waals surface area contributed by atoms with Crippen molar-refractivity contribution in [2.75, 3.05) is 6.54 Å². The first-order chi connectivity index (χ1) is 9.13. The molecule has 0 saturated carbocycles. The number of thiazole rings is 1. The Hall–Kier alpha value is -0.360. The topological polar surface area (TPSA) is 54.0 Å². The second-order valence-corrected chi connectivity index (χ2v) is 6.42. The fourth-order valence-electron chi connectivity index (χ4n) is 2.52. The number of carbonyl (C=O) groups is 1. The number of halogens is 2. The van der Waals surface area contributed by atoms with E-state index in [0.717, 1.165) is 42.9 Å². The third kappa shape index (κ3) is 7.45. The van der Waals surface area contributed by atoms with E-state index in [0.29, 0.717) is 18.5 Å². The summed E-state index contributed by atoms with van der Waals surface area (Å²) >= 11 is 1.67. The van der Waals surface area contributed by atoms with Crippen LogP contribution in [0.25, 0.3) is 0 Å². The smallest absolute Gasteiger partial charge is 0.220 e.